The Labute approximate surface area is 205 Å². The van der Waals surface area contributed by atoms with Crippen molar-refractivity contribution in [2.75, 3.05) is 32.8 Å². The monoisotopic (exact) mass is 490 g/mol. The Morgan fingerprint density at radius 2 is 1.83 bits per heavy atom. The highest BCUT2D eigenvalue weighted by Crippen LogP contribution is 2.36. The number of rotatable bonds is 6. The van der Waals surface area contributed by atoms with Gasteiger partial charge in [0.05, 0.1) is 37.2 Å². The summed E-state index contributed by atoms with van der Waals surface area (Å²) in [5.41, 5.74) is 2.98. The number of aryl methyl sites for hydroxylation is 1. The lowest BCUT2D eigenvalue weighted by atomic mass is 10.0. The van der Waals surface area contributed by atoms with Crippen molar-refractivity contribution in [1.29, 1.82) is 0 Å². The fourth-order valence-electron chi connectivity index (χ4n) is 4.39. The third-order valence-corrected chi connectivity index (χ3v) is 6.44. The maximum atomic E-state index is 15.6. The topological polar surface area (TPSA) is 86.3 Å². The maximum Gasteiger partial charge on any atom is 0.333 e. The smallest absolute Gasteiger partial charge is 0.333 e. The van der Waals surface area contributed by atoms with Gasteiger partial charge in [0, 0.05) is 54.1 Å². The standard InChI is InChI=1S/C25H24F2N8O/c1-17-2-5-23-30-31-24(35(23)32-17)25(26,27)21-3-4-22-18(13-21)12-19(14-28-22)20-15-29-34(16-20)7-6-33-8-10-36-11-9-33/h2-5,12-16H,6-11H2,1H3. The van der Waals surface area contributed by atoms with Crippen LogP contribution < -0.4 is 0 Å². The number of ether oxygens (including phenoxy) is 1. The quantitative estimate of drug-likeness (QED) is 0.361. The second kappa shape index (κ2) is 8.99. The maximum absolute atomic E-state index is 15.6. The molecule has 0 aliphatic carbocycles. The molecule has 5 heterocycles. The number of aromatic nitrogens is 7. The van der Waals surface area contributed by atoms with E-state index in [0.717, 1.165) is 55.0 Å². The van der Waals surface area contributed by atoms with E-state index in [1.807, 2.05) is 16.9 Å². The summed E-state index contributed by atoms with van der Waals surface area (Å²) in [6.07, 6.45) is 5.47. The number of alkyl halides is 2. The zero-order valence-electron chi connectivity index (χ0n) is 19.7. The molecule has 0 saturated carbocycles. The highest BCUT2D eigenvalue weighted by molar-refractivity contribution is 5.84. The van der Waals surface area contributed by atoms with Crippen LogP contribution in [0.2, 0.25) is 0 Å². The van der Waals surface area contributed by atoms with E-state index in [-0.39, 0.29) is 11.2 Å². The lowest BCUT2D eigenvalue weighted by molar-refractivity contribution is 0.0307. The molecular weight excluding hydrogens is 466 g/mol. The van der Waals surface area contributed by atoms with Gasteiger partial charge in [0.15, 0.2) is 5.65 Å². The predicted molar refractivity (Wildman–Crippen MR) is 129 cm³/mol. The van der Waals surface area contributed by atoms with Gasteiger partial charge in [-0.25, -0.2) is 0 Å². The number of benzene rings is 1. The van der Waals surface area contributed by atoms with Crippen LogP contribution in [0.25, 0.3) is 27.7 Å². The summed E-state index contributed by atoms with van der Waals surface area (Å²) >= 11 is 0. The molecule has 1 fully saturated rings. The Bertz CT molecular complexity index is 1540. The van der Waals surface area contributed by atoms with Crippen molar-refractivity contribution in [2.45, 2.75) is 19.4 Å². The molecule has 6 rings (SSSR count). The zero-order valence-corrected chi connectivity index (χ0v) is 19.7. The Balaban J connectivity index is 1.28. The third-order valence-electron chi connectivity index (χ3n) is 6.44. The summed E-state index contributed by atoms with van der Waals surface area (Å²) in [5, 5.41) is 16.8. The van der Waals surface area contributed by atoms with Gasteiger partial charge in [-0.3, -0.25) is 14.6 Å². The molecule has 0 unspecified atom stereocenters. The van der Waals surface area contributed by atoms with E-state index in [0.29, 0.717) is 16.6 Å². The van der Waals surface area contributed by atoms with Crippen LogP contribution in [0.4, 0.5) is 8.78 Å². The van der Waals surface area contributed by atoms with Gasteiger partial charge in [-0.05, 0) is 37.3 Å². The van der Waals surface area contributed by atoms with Crippen LogP contribution in [0.5, 0.6) is 0 Å². The SMILES string of the molecule is Cc1ccc2nnc(C(F)(F)c3ccc4ncc(-c5cnn(CCN6CCOCC6)c5)cc4c3)n2n1. The van der Waals surface area contributed by atoms with E-state index in [4.69, 9.17) is 4.74 Å². The van der Waals surface area contributed by atoms with Crippen LogP contribution in [0.1, 0.15) is 17.1 Å². The first-order valence-electron chi connectivity index (χ1n) is 11.8. The fraction of sp³-hybridized carbons (Fsp3) is 0.320. The largest absolute Gasteiger partial charge is 0.379 e. The van der Waals surface area contributed by atoms with Gasteiger partial charge >= 0.3 is 5.92 Å². The highest BCUT2D eigenvalue weighted by atomic mass is 19.3. The number of morpholine rings is 1. The molecule has 11 heteroatoms. The van der Waals surface area contributed by atoms with E-state index in [1.54, 1.807) is 37.5 Å². The van der Waals surface area contributed by atoms with E-state index in [2.05, 4.69) is 30.3 Å². The molecule has 0 spiro atoms. The number of fused-ring (bicyclic) bond motifs is 2. The van der Waals surface area contributed by atoms with Crippen molar-refractivity contribution in [3.8, 4) is 11.1 Å². The van der Waals surface area contributed by atoms with Crippen LogP contribution in [0.3, 0.4) is 0 Å². The Kier molecular flexibility index (Phi) is 5.65. The Morgan fingerprint density at radius 3 is 2.69 bits per heavy atom. The molecule has 1 aliphatic rings. The lowest BCUT2D eigenvalue weighted by Gasteiger charge is -2.26. The van der Waals surface area contributed by atoms with Crippen molar-refractivity contribution >= 4 is 16.6 Å². The number of hydrogen-bond acceptors (Lipinski definition) is 7. The van der Waals surface area contributed by atoms with Crippen molar-refractivity contribution in [3.05, 3.63) is 72.1 Å². The lowest BCUT2D eigenvalue weighted by Crippen LogP contribution is -2.38. The van der Waals surface area contributed by atoms with Gasteiger partial charge in [-0.1, -0.05) is 6.07 Å². The summed E-state index contributed by atoms with van der Waals surface area (Å²) in [7, 11) is 0. The first-order valence-corrected chi connectivity index (χ1v) is 11.8. The Morgan fingerprint density at radius 1 is 0.972 bits per heavy atom. The molecule has 36 heavy (non-hydrogen) atoms. The molecule has 4 aromatic heterocycles. The molecule has 184 valence electrons. The van der Waals surface area contributed by atoms with E-state index in [9.17, 15) is 0 Å². The molecule has 0 bridgehead atoms. The van der Waals surface area contributed by atoms with Crippen LogP contribution in [0.15, 0.2) is 55.0 Å². The summed E-state index contributed by atoms with van der Waals surface area (Å²) < 4.78 is 39.5. The summed E-state index contributed by atoms with van der Waals surface area (Å²) in [6.45, 7) is 6.76. The molecule has 5 aromatic rings. The van der Waals surface area contributed by atoms with Crippen LogP contribution in [-0.2, 0) is 17.2 Å². The molecule has 1 aliphatic heterocycles. The second-order valence-corrected chi connectivity index (χ2v) is 8.92. The van der Waals surface area contributed by atoms with Crippen LogP contribution in [-0.4, -0.2) is 72.3 Å². The minimum absolute atomic E-state index is 0.201. The molecule has 0 N–H and O–H groups in total. The minimum atomic E-state index is -3.39. The predicted octanol–water partition coefficient (Wildman–Crippen LogP) is 3.32. The van der Waals surface area contributed by atoms with E-state index >= 15 is 8.78 Å². The van der Waals surface area contributed by atoms with Crippen molar-refractivity contribution in [1.82, 2.24) is 39.5 Å². The average molecular weight is 491 g/mol. The molecular formula is C25H24F2N8O. The normalized spacial score (nSPS) is 15.2. The Hall–Kier alpha value is -3.83. The van der Waals surface area contributed by atoms with Crippen LogP contribution >= 0.6 is 0 Å². The molecule has 1 aromatic carbocycles. The van der Waals surface area contributed by atoms with E-state index in [1.165, 1.54) is 12.1 Å². The van der Waals surface area contributed by atoms with Gasteiger partial charge in [-0.2, -0.15) is 23.5 Å². The molecule has 9 nitrogen and oxygen atoms in total. The summed E-state index contributed by atoms with van der Waals surface area (Å²) in [6, 6.07) is 9.60. The first kappa shape index (κ1) is 22.6. The second-order valence-electron chi connectivity index (χ2n) is 8.92. The van der Waals surface area contributed by atoms with Crippen molar-refractivity contribution < 1.29 is 13.5 Å². The molecule has 0 amide bonds. The van der Waals surface area contributed by atoms with E-state index < -0.39 is 11.7 Å². The number of nitrogens with zero attached hydrogens (tertiary/aromatic N) is 8. The third kappa shape index (κ3) is 4.20. The minimum Gasteiger partial charge on any atom is -0.379 e. The van der Waals surface area contributed by atoms with Gasteiger partial charge in [0.1, 0.15) is 0 Å². The molecule has 0 atom stereocenters. The molecule has 1 saturated heterocycles. The van der Waals surface area contributed by atoms with Gasteiger partial charge in [-0.15, -0.1) is 10.2 Å². The van der Waals surface area contributed by atoms with Crippen molar-refractivity contribution in [3.63, 3.8) is 0 Å². The van der Waals surface area contributed by atoms with Gasteiger partial charge < -0.3 is 4.74 Å². The van der Waals surface area contributed by atoms with Crippen LogP contribution in [0, 0.1) is 6.92 Å². The summed E-state index contributed by atoms with van der Waals surface area (Å²) in [5.74, 6) is -3.92. The zero-order chi connectivity index (χ0) is 24.7. The van der Waals surface area contributed by atoms with Gasteiger partial charge in [0.2, 0.25) is 5.82 Å². The number of pyridine rings is 1. The first-order chi connectivity index (χ1) is 17.5. The van der Waals surface area contributed by atoms with Crippen molar-refractivity contribution in [2.24, 2.45) is 0 Å². The highest BCUT2D eigenvalue weighted by Gasteiger charge is 2.40. The summed E-state index contributed by atoms with van der Waals surface area (Å²) in [4.78, 5) is 6.83. The average Bonchev–Trinajstić information content (AvgIpc) is 3.55. The van der Waals surface area contributed by atoms with Gasteiger partial charge in [0.25, 0.3) is 0 Å². The number of halogens is 2. The number of hydrogen-bond donors (Lipinski definition) is 0. The molecule has 0 radical (unpaired) electrons. The fourth-order valence-corrected chi connectivity index (χ4v) is 4.39.